The van der Waals surface area contributed by atoms with Gasteiger partial charge in [0.15, 0.2) is 0 Å². The van der Waals surface area contributed by atoms with Gasteiger partial charge in [-0.05, 0) is 30.2 Å². The Labute approximate surface area is 108 Å². The van der Waals surface area contributed by atoms with Crippen LogP contribution in [0.3, 0.4) is 0 Å². The van der Waals surface area contributed by atoms with E-state index in [-0.39, 0.29) is 5.41 Å². The molecule has 1 saturated carbocycles. The van der Waals surface area contributed by atoms with Crippen molar-refractivity contribution in [1.82, 2.24) is 0 Å². The molecular weight excluding hydrogens is 224 g/mol. The molecule has 1 aliphatic rings. The third-order valence-electron chi connectivity index (χ3n) is 3.97. The molecular formula is C16H20O2. The molecule has 96 valence electrons. The summed E-state index contributed by atoms with van der Waals surface area (Å²) >= 11 is 0. The minimum absolute atomic E-state index is 0.158. The number of rotatable bonds is 4. The van der Waals surface area contributed by atoms with E-state index in [1.807, 2.05) is 12.1 Å². The molecule has 0 spiro atoms. The van der Waals surface area contributed by atoms with E-state index in [2.05, 4.69) is 24.3 Å². The van der Waals surface area contributed by atoms with Crippen LogP contribution in [-0.4, -0.2) is 11.1 Å². The summed E-state index contributed by atoms with van der Waals surface area (Å²) in [6.45, 7) is 0. The number of carbonyl (C=O) groups is 1. The standard InChI is InChI=1S/C16H20O2/c17-15(18)10-7-13-16(11-5-2-6-12-16)14-8-3-1-4-9-14/h1,3-4,7-10H,2,5-6,11-13H2,(H,17,18). The third-order valence-corrected chi connectivity index (χ3v) is 3.97. The lowest BCUT2D eigenvalue weighted by molar-refractivity contribution is -0.131. The molecule has 2 rings (SSSR count). The molecule has 18 heavy (non-hydrogen) atoms. The maximum Gasteiger partial charge on any atom is 0.327 e. The molecule has 1 aromatic carbocycles. The Hall–Kier alpha value is -1.57. The van der Waals surface area contributed by atoms with E-state index in [0.29, 0.717) is 0 Å². The van der Waals surface area contributed by atoms with Gasteiger partial charge in [0.2, 0.25) is 0 Å². The number of allylic oxidation sites excluding steroid dienone is 1. The molecule has 0 heterocycles. The van der Waals surface area contributed by atoms with Gasteiger partial charge in [0, 0.05) is 6.08 Å². The Morgan fingerprint density at radius 1 is 1.17 bits per heavy atom. The average molecular weight is 244 g/mol. The van der Waals surface area contributed by atoms with Crippen LogP contribution in [-0.2, 0) is 10.2 Å². The van der Waals surface area contributed by atoms with Gasteiger partial charge in [-0.2, -0.15) is 0 Å². The molecule has 1 aromatic rings. The predicted molar refractivity (Wildman–Crippen MR) is 72.6 cm³/mol. The van der Waals surface area contributed by atoms with Crippen LogP contribution < -0.4 is 0 Å². The molecule has 0 unspecified atom stereocenters. The van der Waals surface area contributed by atoms with Crippen LogP contribution in [0.25, 0.3) is 0 Å². The summed E-state index contributed by atoms with van der Waals surface area (Å²) in [6.07, 6.45) is 10.1. The predicted octanol–water partition coefficient (Wildman–Crippen LogP) is 3.92. The van der Waals surface area contributed by atoms with E-state index in [4.69, 9.17) is 5.11 Å². The molecule has 1 fully saturated rings. The van der Waals surface area contributed by atoms with Gasteiger partial charge in [-0.25, -0.2) is 4.79 Å². The molecule has 0 bridgehead atoms. The second kappa shape index (κ2) is 5.85. The van der Waals surface area contributed by atoms with Crippen LogP contribution in [0.15, 0.2) is 42.5 Å². The lowest BCUT2D eigenvalue weighted by Crippen LogP contribution is -2.28. The number of aliphatic carboxylic acids is 1. The summed E-state index contributed by atoms with van der Waals surface area (Å²) in [6, 6.07) is 10.5. The van der Waals surface area contributed by atoms with Gasteiger partial charge >= 0.3 is 5.97 Å². The molecule has 2 nitrogen and oxygen atoms in total. The highest BCUT2D eigenvalue weighted by Gasteiger charge is 2.32. The van der Waals surface area contributed by atoms with Gasteiger partial charge in [0.05, 0.1) is 0 Å². The van der Waals surface area contributed by atoms with Crippen molar-refractivity contribution in [2.75, 3.05) is 0 Å². The quantitative estimate of drug-likeness (QED) is 0.815. The molecule has 0 saturated heterocycles. The van der Waals surface area contributed by atoms with Crippen molar-refractivity contribution in [2.24, 2.45) is 0 Å². The smallest absolute Gasteiger partial charge is 0.327 e. The minimum atomic E-state index is -0.853. The zero-order chi connectivity index (χ0) is 12.8. The summed E-state index contributed by atoms with van der Waals surface area (Å²) in [4.78, 5) is 10.6. The third kappa shape index (κ3) is 3.00. The highest BCUT2D eigenvalue weighted by atomic mass is 16.4. The first kappa shape index (κ1) is 12.9. The van der Waals surface area contributed by atoms with E-state index in [9.17, 15) is 4.79 Å². The molecule has 0 radical (unpaired) electrons. The monoisotopic (exact) mass is 244 g/mol. The fraction of sp³-hybridized carbons (Fsp3) is 0.438. The lowest BCUT2D eigenvalue weighted by atomic mass is 9.67. The highest BCUT2D eigenvalue weighted by molar-refractivity contribution is 5.79. The number of carboxylic acids is 1. The molecule has 2 heteroatoms. The van der Waals surface area contributed by atoms with Crippen LogP contribution in [0.4, 0.5) is 0 Å². The Kier molecular flexibility index (Phi) is 4.19. The fourth-order valence-corrected chi connectivity index (χ4v) is 3.02. The van der Waals surface area contributed by atoms with Crippen LogP contribution in [0.1, 0.15) is 44.1 Å². The molecule has 0 atom stereocenters. The summed E-state index contributed by atoms with van der Waals surface area (Å²) in [5.74, 6) is -0.853. The molecule has 1 N–H and O–H groups in total. The maximum absolute atomic E-state index is 10.6. The van der Waals surface area contributed by atoms with Crippen molar-refractivity contribution in [2.45, 2.75) is 43.9 Å². The fourth-order valence-electron chi connectivity index (χ4n) is 3.02. The summed E-state index contributed by atoms with van der Waals surface area (Å²) in [7, 11) is 0. The highest BCUT2D eigenvalue weighted by Crippen LogP contribution is 2.42. The zero-order valence-corrected chi connectivity index (χ0v) is 10.6. The van der Waals surface area contributed by atoms with Gasteiger partial charge in [0.1, 0.15) is 0 Å². The van der Waals surface area contributed by atoms with Crippen LogP contribution in [0, 0.1) is 0 Å². The van der Waals surface area contributed by atoms with Crippen molar-refractivity contribution in [1.29, 1.82) is 0 Å². The molecule has 0 aromatic heterocycles. The van der Waals surface area contributed by atoms with E-state index >= 15 is 0 Å². The number of hydrogen-bond donors (Lipinski definition) is 1. The van der Waals surface area contributed by atoms with Gasteiger partial charge in [-0.3, -0.25) is 0 Å². The van der Waals surface area contributed by atoms with Gasteiger partial charge in [0.25, 0.3) is 0 Å². The van der Waals surface area contributed by atoms with Crippen molar-refractivity contribution in [3.05, 3.63) is 48.0 Å². The first-order chi connectivity index (χ1) is 8.73. The van der Waals surface area contributed by atoms with E-state index < -0.39 is 5.97 Å². The van der Waals surface area contributed by atoms with Crippen molar-refractivity contribution in [3.8, 4) is 0 Å². The molecule has 0 aliphatic heterocycles. The first-order valence-corrected chi connectivity index (χ1v) is 6.68. The summed E-state index contributed by atoms with van der Waals surface area (Å²) < 4.78 is 0. The molecule has 0 amide bonds. The second-order valence-electron chi connectivity index (χ2n) is 5.15. The van der Waals surface area contributed by atoms with E-state index in [1.54, 1.807) is 0 Å². The van der Waals surface area contributed by atoms with Crippen LogP contribution in [0.5, 0.6) is 0 Å². The SMILES string of the molecule is O=C(O)C=CCC1(c2ccccc2)CCCCC1. The number of carboxylic acid groups (broad SMARTS) is 1. The largest absolute Gasteiger partial charge is 0.478 e. The van der Waals surface area contributed by atoms with Crippen LogP contribution in [0.2, 0.25) is 0 Å². The van der Waals surface area contributed by atoms with Gasteiger partial charge in [-0.1, -0.05) is 55.7 Å². The Morgan fingerprint density at radius 3 is 2.44 bits per heavy atom. The first-order valence-electron chi connectivity index (χ1n) is 6.68. The zero-order valence-electron chi connectivity index (χ0n) is 10.6. The second-order valence-corrected chi connectivity index (χ2v) is 5.15. The topological polar surface area (TPSA) is 37.3 Å². The lowest BCUT2D eigenvalue weighted by Gasteiger charge is -2.37. The maximum atomic E-state index is 10.6. The van der Waals surface area contributed by atoms with Crippen LogP contribution >= 0.6 is 0 Å². The van der Waals surface area contributed by atoms with E-state index in [1.165, 1.54) is 43.7 Å². The van der Waals surface area contributed by atoms with Gasteiger partial charge < -0.3 is 5.11 Å². The van der Waals surface area contributed by atoms with Crippen molar-refractivity contribution < 1.29 is 9.90 Å². The van der Waals surface area contributed by atoms with Crippen molar-refractivity contribution >= 4 is 5.97 Å². The Balaban J connectivity index is 2.20. The normalized spacial score (nSPS) is 18.9. The Morgan fingerprint density at radius 2 is 1.83 bits per heavy atom. The Bertz CT molecular complexity index is 414. The van der Waals surface area contributed by atoms with Gasteiger partial charge in [-0.15, -0.1) is 0 Å². The number of benzene rings is 1. The summed E-state index contributed by atoms with van der Waals surface area (Å²) in [5.41, 5.74) is 1.52. The van der Waals surface area contributed by atoms with Crippen molar-refractivity contribution in [3.63, 3.8) is 0 Å². The summed E-state index contributed by atoms with van der Waals surface area (Å²) in [5, 5.41) is 8.71. The van der Waals surface area contributed by atoms with E-state index in [0.717, 1.165) is 6.42 Å². The molecule has 1 aliphatic carbocycles. The average Bonchev–Trinajstić information content (AvgIpc) is 2.40. The number of hydrogen-bond acceptors (Lipinski definition) is 1. The minimum Gasteiger partial charge on any atom is -0.478 e.